The van der Waals surface area contributed by atoms with Gasteiger partial charge < -0.3 is 5.11 Å². The van der Waals surface area contributed by atoms with Crippen molar-refractivity contribution < 1.29 is 18.7 Å². The van der Waals surface area contributed by atoms with Crippen LogP contribution in [0.1, 0.15) is 19.4 Å². The van der Waals surface area contributed by atoms with Crippen LogP contribution in [0.5, 0.6) is 0 Å². The van der Waals surface area contributed by atoms with Crippen molar-refractivity contribution in [2.24, 2.45) is 5.92 Å². The minimum atomic E-state index is -0.967. The van der Waals surface area contributed by atoms with Crippen LogP contribution in [0.3, 0.4) is 0 Å². The number of carbonyl (C=O) groups is 1. The summed E-state index contributed by atoms with van der Waals surface area (Å²) < 4.78 is 27.3. The summed E-state index contributed by atoms with van der Waals surface area (Å²) in [6, 6.07) is 2.45. The van der Waals surface area contributed by atoms with Gasteiger partial charge in [-0.05, 0) is 34.0 Å². The van der Waals surface area contributed by atoms with E-state index in [0.29, 0.717) is 0 Å². The zero-order valence-corrected chi connectivity index (χ0v) is 12.3. The molecular formula is C12H13BrF2O2S. The van der Waals surface area contributed by atoms with Gasteiger partial charge in [0.2, 0.25) is 0 Å². The van der Waals surface area contributed by atoms with E-state index in [9.17, 15) is 13.6 Å². The van der Waals surface area contributed by atoms with Gasteiger partial charge in [-0.25, -0.2) is 8.78 Å². The van der Waals surface area contributed by atoms with Gasteiger partial charge in [0.05, 0.1) is 4.47 Å². The Labute approximate surface area is 117 Å². The molecule has 0 amide bonds. The molecule has 18 heavy (non-hydrogen) atoms. The van der Waals surface area contributed by atoms with Gasteiger partial charge in [-0.1, -0.05) is 13.8 Å². The second-order valence-corrected chi connectivity index (χ2v) is 6.12. The van der Waals surface area contributed by atoms with E-state index in [1.54, 1.807) is 13.8 Å². The highest BCUT2D eigenvalue weighted by atomic mass is 79.9. The molecule has 6 heteroatoms. The van der Waals surface area contributed by atoms with Crippen molar-refractivity contribution >= 4 is 33.7 Å². The van der Waals surface area contributed by atoms with E-state index in [1.165, 1.54) is 6.07 Å². The van der Waals surface area contributed by atoms with Crippen LogP contribution in [-0.4, -0.2) is 16.3 Å². The van der Waals surface area contributed by atoms with Crippen LogP contribution in [0.25, 0.3) is 0 Å². The third-order valence-corrected chi connectivity index (χ3v) is 4.57. The Balaban J connectivity index is 2.86. The summed E-state index contributed by atoms with van der Waals surface area (Å²) >= 11 is 4.01. The van der Waals surface area contributed by atoms with Gasteiger partial charge in [0.25, 0.3) is 0 Å². The molecule has 1 unspecified atom stereocenters. The molecule has 0 aliphatic carbocycles. The molecule has 0 spiro atoms. The normalized spacial score (nSPS) is 12.8. The van der Waals surface area contributed by atoms with E-state index < -0.39 is 22.9 Å². The van der Waals surface area contributed by atoms with Crippen molar-refractivity contribution in [3.8, 4) is 0 Å². The Hall–Kier alpha value is -0.620. The number of aliphatic carboxylic acids is 1. The van der Waals surface area contributed by atoms with E-state index >= 15 is 0 Å². The third-order valence-electron chi connectivity index (χ3n) is 2.40. The number of halogens is 3. The molecule has 100 valence electrons. The molecular weight excluding hydrogens is 326 g/mol. The molecule has 2 nitrogen and oxygen atoms in total. The Morgan fingerprint density at radius 3 is 2.56 bits per heavy atom. The van der Waals surface area contributed by atoms with Gasteiger partial charge >= 0.3 is 5.97 Å². The molecule has 0 aliphatic rings. The lowest BCUT2D eigenvalue weighted by atomic mass is 10.1. The molecule has 0 radical (unpaired) electrons. The maximum atomic E-state index is 13.7. The van der Waals surface area contributed by atoms with Crippen molar-refractivity contribution in [3.63, 3.8) is 0 Å². The Morgan fingerprint density at radius 2 is 2.06 bits per heavy atom. The summed E-state index contributed by atoms with van der Waals surface area (Å²) in [6.07, 6.45) is 0. The average Bonchev–Trinajstić information content (AvgIpc) is 2.27. The molecule has 1 atom stereocenters. The van der Waals surface area contributed by atoms with Crippen LogP contribution in [0.15, 0.2) is 16.6 Å². The second-order valence-electron chi connectivity index (χ2n) is 4.14. The molecule has 0 bridgehead atoms. The van der Waals surface area contributed by atoms with Gasteiger partial charge in [-0.15, -0.1) is 11.8 Å². The van der Waals surface area contributed by atoms with Crippen molar-refractivity contribution in [1.29, 1.82) is 0 Å². The van der Waals surface area contributed by atoms with Crippen LogP contribution in [-0.2, 0) is 10.5 Å². The molecule has 1 aromatic carbocycles. The summed E-state index contributed by atoms with van der Waals surface area (Å²) in [7, 11) is 0. The van der Waals surface area contributed by atoms with Crippen molar-refractivity contribution in [2.75, 3.05) is 0 Å². The Bertz CT molecular complexity index is 452. The first-order valence-electron chi connectivity index (χ1n) is 5.31. The fourth-order valence-electron chi connectivity index (χ4n) is 1.42. The van der Waals surface area contributed by atoms with Crippen molar-refractivity contribution in [1.82, 2.24) is 0 Å². The monoisotopic (exact) mass is 338 g/mol. The second kappa shape index (κ2) is 6.52. The predicted octanol–water partition coefficient (Wildman–Crippen LogP) is 4.07. The quantitative estimate of drug-likeness (QED) is 0.822. The summed E-state index contributed by atoms with van der Waals surface area (Å²) in [5, 5.41) is 8.32. The molecule has 0 aromatic heterocycles. The molecule has 1 aromatic rings. The minimum absolute atomic E-state index is 0.00769. The number of hydrogen-bond donors (Lipinski definition) is 1. The fraction of sp³-hybridized carbons (Fsp3) is 0.417. The van der Waals surface area contributed by atoms with E-state index in [4.69, 9.17) is 5.11 Å². The largest absolute Gasteiger partial charge is 0.480 e. The lowest BCUT2D eigenvalue weighted by Gasteiger charge is -2.16. The summed E-state index contributed by atoms with van der Waals surface area (Å²) in [5.41, 5.74) is -0.0960. The highest BCUT2D eigenvalue weighted by molar-refractivity contribution is 9.10. The van der Waals surface area contributed by atoms with Gasteiger partial charge in [-0.2, -0.15) is 0 Å². The minimum Gasteiger partial charge on any atom is -0.480 e. The Kier molecular flexibility index (Phi) is 5.59. The smallest absolute Gasteiger partial charge is 0.316 e. The molecule has 0 saturated carbocycles. The number of benzene rings is 1. The maximum absolute atomic E-state index is 13.7. The van der Waals surface area contributed by atoms with E-state index in [2.05, 4.69) is 15.9 Å². The maximum Gasteiger partial charge on any atom is 0.316 e. The van der Waals surface area contributed by atoms with Gasteiger partial charge in [0.15, 0.2) is 0 Å². The molecule has 0 aliphatic heterocycles. The summed E-state index contributed by atoms with van der Waals surface area (Å²) in [6.45, 7) is 3.53. The van der Waals surface area contributed by atoms with E-state index in [-0.39, 0.29) is 21.7 Å². The first-order valence-corrected chi connectivity index (χ1v) is 7.15. The summed E-state index contributed by atoms with van der Waals surface area (Å²) in [4.78, 5) is 11.0. The van der Waals surface area contributed by atoms with Crippen molar-refractivity contribution in [3.05, 3.63) is 33.8 Å². The average molecular weight is 339 g/mol. The number of carboxylic acids is 1. The number of thioether (sulfide) groups is 1. The topological polar surface area (TPSA) is 37.3 Å². The SMILES string of the molecule is CC(C)C(SCc1c(F)ccc(Br)c1F)C(=O)O. The molecule has 0 saturated heterocycles. The molecule has 1 N–H and O–H groups in total. The third kappa shape index (κ3) is 3.68. The van der Waals surface area contributed by atoms with Crippen LogP contribution in [0, 0.1) is 17.6 Å². The lowest BCUT2D eigenvalue weighted by Crippen LogP contribution is -2.22. The highest BCUT2D eigenvalue weighted by Gasteiger charge is 2.23. The number of carboxylic acid groups (broad SMARTS) is 1. The first-order chi connectivity index (χ1) is 8.34. The molecule has 1 rings (SSSR count). The highest BCUT2D eigenvalue weighted by Crippen LogP contribution is 2.29. The van der Waals surface area contributed by atoms with Gasteiger partial charge in [0.1, 0.15) is 16.9 Å². The van der Waals surface area contributed by atoms with Crippen LogP contribution >= 0.6 is 27.7 Å². The van der Waals surface area contributed by atoms with Gasteiger partial charge in [-0.3, -0.25) is 4.79 Å². The number of rotatable bonds is 5. The fourth-order valence-corrected chi connectivity index (χ4v) is 2.93. The van der Waals surface area contributed by atoms with E-state index in [1.807, 2.05) is 0 Å². The van der Waals surface area contributed by atoms with Crippen LogP contribution in [0.2, 0.25) is 0 Å². The first kappa shape index (κ1) is 15.4. The summed E-state index contributed by atoms with van der Waals surface area (Å²) in [5.74, 6) is -2.41. The zero-order valence-electron chi connectivity index (χ0n) is 9.91. The molecule has 0 fully saturated rings. The lowest BCUT2D eigenvalue weighted by molar-refractivity contribution is -0.137. The predicted molar refractivity (Wildman–Crippen MR) is 71.6 cm³/mol. The zero-order chi connectivity index (χ0) is 13.9. The van der Waals surface area contributed by atoms with Crippen LogP contribution < -0.4 is 0 Å². The standard InChI is InChI=1S/C12H13BrF2O2S/c1-6(2)11(12(16)17)18-5-7-9(14)4-3-8(13)10(7)15/h3-4,6,11H,5H2,1-2H3,(H,16,17). The van der Waals surface area contributed by atoms with Gasteiger partial charge in [0, 0.05) is 11.3 Å². The Morgan fingerprint density at radius 1 is 1.44 bits per heavy atom. The molecule has 0 heterocycles. The van der Waals surface area contributed by atoms with E-state index in [0.717, 1.165) is 17.8 Å². The van der Waals surface area contributed by atoms with Crippen LogP contribution in [0.4, 0.5) is 8.78 Å². The van der Waals surface area contributed by atoms with Crippen molar-refractivity contribution in [2.45, 2.75) is 24.9 Å². The number of hydrogen-bond acceptors (Lipinski definition) is 2.